The molecule has 0 unspecified atom stereocenters. The van der Waals surface area contributed by atoms with Gasteiger partial charge < -0.3 is 31.6 Å². The van der Waals surface area contributed by atoms with Gasteiger partial charge in [-0.25, -0.2) is 0 Å². The molecule has 0 aromatic heterocycles. The van der Waals surface area contributed by atoms with Crippen molar-refractivity contribution >= 4 is 23.2 Å². The van der Waals surface area contributed by atoms with E-state index in [0.717, 1.165) is 0 Å². The van der Waals surface area contributed by atoms with Crippen molar-refractivity contribution in [2.24, 2.45) is 11.5 Å². The van der Waals surface area contributed by atoms with E-state index < -0.39 is 11.8 Å². The fourth-order valence-electron chi connectivity index (χ4n) is 1.97. The van der Waals surface area contributed by atoms with Gasteiger partial charge in [-0.2, -0.15) is 0 Å². The maximum atomic E-state index is 11.1. The third-order valence-electron chi connectivity index (χ3n) is 2.73. The molecule has 0 saturated heterocycles. The maximum Gasteiger partial charge on any atom is 0.236 e. The number of carbonyl (C=O) groups is 2. The van der Waals surface area contributed by atoms with Crippen LogP contribution in [0.5, 0.6) is 11.5 Å². The minimum absolute atomic E-state index is 0.174. The van der Waals surface area contributed by atoms with Crippen LogP contribution >= 0.6 is 0 Å². The van der Waals surface area contributed by atoms with Gasteiger partial charge in [0.15, 0.2) is 11.5 Å². The van der Waals surface area contributed by atoms with Crippen molar-refractivity contribution in [2.75, 3.05) is 36.9 Å². The second kappa shape index (κ2) is 5.55. The van der Waals surface area contributed by atoms with Crippen molar-refractivity contribution in [3.05, 3.63) is 12.1 Å². The summed E-state index contributed by atoms with van der Waals surface area (Å²) in [5.74, 6) is -0.170. The van der Waals surface area contributed by atoms with Gasteiger partial charge in [-0.15, -0.1) is 0 Å². The Labute approximate surface area is 115 Å². The molecular formula is C12H16N4O4. The number of hydrogen-bond donors (Lipinski definition) is 3. The van der Waals surface area contributed by atoms with Crippen LogP contribution in [0.25, 0.3) is 0 Å². The van der Waals surface area contributed by atoms with Crippen molar-refractivity contribution in [1.82, 2.24) is 0 Å². The zero-order valence-electron chi connectivity index (χ0n) is 10.8. The van der Waals surface area contributed by atoms with Gasteiger partial charge in [0.25, 0.3) is 0 Å². The van der Waals surface area contributed by atoms with Crippen molar-refractivity contribution < 1.29 is 19.1 Å². The summed E-state index contributed by atoms with van der Waals surface area (Å²) in [6.45, 7) is 0.514. The SMILES string of the molecule is NC(=O)CN(CC(N)=O)c1cc2c(cc1N)OCCO2. The number of primary amides is 2. The third-order valence-corrected chi connectivity index (χ3v) is 2.73. The van der Waals surface area contributed by atoms with Gasteiger partial charge in [0.1, 0.15) is 13.2 Å². The largest absolute Gasteiger partial charge is 0.486 e. The molecule has 2 rings (SSSR count). The zero-order valence-corrected chi connectivity index (χ0v) is 10.8. The number of anilines is 2. The molecule has 1 aromatic carbocycles. The molecule has 2 amide bonds. The fourth-order valence-corrected chi connectivity index (χ4v) is 1.97. The summed E-state index contributed by atoms with van der Waals surface area (Å²) in [6, 6.07) is 3.19. The van der Waals surface area contributed by atoms with Crippen LogP contribution in [0.2, 0.25) is 0 Å². The highest BCUT2D eigenvalue weighted by Gasteiger charge is 2.20. The number of nitrogens with zero attached hydrogens (tertiary/aromatic N) is 1. The lowest BCUT2D eigenvalue weighted by Gasteiger charge is -2.26. The fraction of sp³-hybridized carbons (Fsp3) is 0.333. The highest BCUT2D eigenvalue weighted by Crippen LogP contribution is 2.38. The van der Waals surface area contributed by atoms with Crippen molar-refractivity contribution in [1.29, 1.82) is 0 Å². The lowest BCUT2D eigenvalue weighted by atomic mass is 10.2. The van der Waals surface area contributed by atoms with Gasteiger partial charge in [-0.3, -0.25) is 9.59 Å². The first-order chi connectivity index (χ1) is 9.47. The van der Waals surface area contributed by atoms with E-state index in [9.17, 15) is 9.59 Å². The average Bonchev–Trinajstić information content (AvgIpc) is 2.36. The average molecular weight is 280 g/mol. The molecule has 1 heterocycles. The molecule has 0 spiro atoms. The number of benzene rings is 1. The molecule has 20 heavy (non-hydrogen) atoms. The number of ether oxygens (including phenoxy) is 2. The summed E-state index contributed by atoms with van der Waals surface area (Å²) in [5.41, 5.74) is 17.0. The Morgan fingerprint density at radius 2 is 1.55 bits per heavy atom. The highest BCUT2D eigenvalue weighted by atomic mass is 16.6. The molecule has 0 bridgehead atoms. The van der Waals surface area contributed by atoms with Gasteiger partial charge in [0.05, 0.1) is 24.5 Å². The first-order valence-electron chi connectivity index (χ1n) is 5.98. The van der Waals surface area contributed by atoms with E-state index in [1.807, 2.05) is 0 Å². The minimum Gasteiger partial charge on any atom is -0.486 e. The highest BCUT2D eigenvalue weighted by molar-refractivity contribution is 5.87. The molecule has 0 radical (unpaired) electrons. The van der Waals surface area contributed by atoms with Gasteiger partial charge in [-0.1, -0.05) is 0 Å². The Kier molecular flexibility index (Phi) is 3.83. The van der Waals surface area contributed by atoms with Crippen LogP contribution in [0.15, 0.2) is 12.1 Å². The van der Waals surface area contributed by atoms with Crippen molar-refractivity contribution in [3.8, 4) is 11.5 Å². The normalized spacial score (nSPS) is 12.8. The smallest absolute Gasteiger partial charge is 0.236 e. The monoisotopic (exact) mass is 280 g/mol. The summed E-state index contributed by atoms with van der Waals surface area (Å²) in [6.07, 6.45) is 0. The molecular weight excluding hydrogens is 264 g/mol. The molecule has 8 nitrogen and oxygen atoms in total. The van der Waals surface area contributed by atoms with E-state index >= 15 is 0 Å². The van der Waals surface area contributed by atoms with E-state index in [2.05, 4.69) is 0 Å². The molecule has 108 valence electrons. The second-order valence-corrected chi connectivity index (χ2v) is 4.34. The van der Waals surface area contributed by atoms with Crippen LogP contribution in [0.1, 0.15) is 0 Å². The standard InChI is InChI=1S/C12H16N4O4/c13-7-3-9-10(20-2-1-19-9)4-8(7)16(5-11(14)17)6-12(15)18/h3-4H,1-2,5-6,13H2,(H2,14,17)(H2,15,18). The maximum absolute atomic E-state index is 11.1. The summed E-state index contributed by atoms with van der Waals surface area (Å²) in [4.78, 5) is 23.6. The molecule has 1 aliphatic rings. The summed E-state index contributed by atoms with van der Waals surface area (Å²) >= 11 is 0. The molecule has 0 aliphatic carbocycles. The summed E-state index contributed by atoms with van der Waals surface area (Å²) in [5, 5.41) is 0. The molecule has 6 N–H and O–H groups in total. The van der Waals surface area contributed by atoms with Gasteiger partial charge in [0.2, 0.25) is 11.8 Å². The predicted octanol–water partition coefficient (Wildman–Crippen LogP) is -1.18. The quantitative estimate of drug-likeness (QED) is 0.581. The minimum atomic E-state index is -0.597. The molecule has 0 saturated carbocycles. The van der Waals surface area contributed by atoms with Gasteiger partial charge in [0, 0.05) is 12.1 Å². The van der Waals surface area contributed by atoms with Crippen LogP contribution in [-0.2, 0) is 9.59 Å². The number of carbonyl (C=O) groups excluding carboxylic acids is 2. The van der Waals surface area contributed by atoms with Crippen molar-refractivity contribution in [2.45, 2.75) is 0 Å². The van der Waals surface area contributed by atoms with E-state index in [0.29, 0.717) is 36.1 Å². The first kappa shape index (κ1) is 13.8. The summed E-state index contributed by atoms with van der Waals surface area (Å²) < 4.78 is 10.8. The Bertz CT molecular complexity index is 531. The number of fused-ring (bicyclic) bond motifs is 1. The van der Waals surface area contributed by atoms with Crippen LogP contribution in [0, 0.1) is 0 Å². The van der Waals surface area contributed by atoms with E-state index in [-0.39, 0.29) is 13.1 Å². The molecule has 0 fully saturated rings. The third kappa shape index (κ3) is 3.02. The van der Waals surface area contributed by atoms with Gasteiger partial charge in [-0.05, 0) is 0 Å². The first-order valence-corrected chi connectivity index (χ1v) is 5.98. The van der Waals surface area contributed by atoms with E-state index in [4.69, 9.17) is 26.7 Å². The lowest BCUT2D eigenvalue weighted by molar-refractivity contribution is -0.117. The van der Waals surface area contributed by atoms with Gasteiger partial charge >= 0.3 is 0 Å². The number of nitrogen functional groups attached to an aromatic ring is 1. The Morgan fingerprint density at radius 3 is 2.05 bits per heavy atom. The zero-order chi connectivity index (χ0) is 14.7. The van der Waals surface area contributed by atoms with E-state index in [1.54, 1.807) is 12.1 Å². The van der Waals surface area contributed by atoms with Crippen LogP contribution in [0.4, 0.5) is 11.4 Å². The predicted molar refractivity (Wildman–Crippen MR) is 72.4 cm³/mol. The van der Waals surface area contributed by atoms with Crippen LogP contribution in [0.3, 0.4) is 0 Å². The molecule has 1 aliphatic heterocycles. The van der Waals surface area contributed by atoms with Crippen LogP contribution in [-0.4, -0.2) is 38.1 Å². The van der Waals surface area contributed by atoms with Crippen LogP contribution < -0.4 is 31.6 Å². The van der Waals surface area contributed by atoms with Crippen molar-refractivity contribution in [3.63, 3.8) is 0 Å². The lowest BCUT2D eigenvalue weighted by Crippen LogP contribution is -2.40. The Morgan fingerprint density at radius 1 is 1.05 bits per heavy atom. The number of rotatable bonds is 5. The Balaban J connectivity index is 2.36. The number of nitrogens with two attached hydrogens (primary N) is 3. The summed E-state index contributed by atoms with van der Waals surface area (Å²) in [7, 11) is 0. The number of amides is 2. The van der Waals surface area contributed by atoms with E-state index in [1.165, 1.54) is 4.90 Å². The molecule has 0 atom stereocenters. The molecule has 8 heteroatoms. The Hall–Kier alpha value is -2.64. The molecule has 1 aromatic rings. The number of hydrogen-bond acceptors (Lipinski definition) is 6. The second-order valence-electron chi connectivity index (χ2n) is 4.34. The topological polar surface area (TPSA) is 134 Å².